The summed E-state index contributed by atoms with van der Waals surface area (Å²) < 4.78 is 69.4. The maximum atomic E-state index is 14.1. The summed E-state index contributed by atoms with van der Waals surface area (Å²) in [5.41, 5.74) is -1.21. The van der Waals surface area contributed by atoms with Crippen LogP contribution in [-0.2, 0) is 32.3 Å². The van der Waals surface area contributed by atoms with E-state index in [1.54, 1.807) is 12.1 Å². The van der Waals surface area contributed by atoms with Crippen LogP contribution in [0.2, 0.25) is 15.1 Å². The van der Waals surface area contributed by atoms with Crippen LogP contribution in [0.4, 0.5) is 18.9 Å². The molecule has 0 unspecified atom stereocenters. The van der Waals surface area contributed by atoms with Crippen molar-refractivity contribution in [3.63, 3.8) is 0 Å². The predicted molar refractivity (Wildman–Crippen MR) is 164 cm³/mol. The average molecular weight is 691 g/mol. The molecule has 0 heterocycles. The summed E-state index contributed by atoms with van der Waals surface area (Å²) in [6, 6.07) is 12.6. The summed E-state index contributed by atoms with van der Waals surface area (Å²) in [4.78, 5) is 28.2. The normalized spacial score (nSPS) is 14.7. The molecule has 1 saturated carbocycles. The second-order valence-electron chi connectivity index (χ2n) is 10.4. The molecule has 0 aliphatic heterocycles. The van der Waals surface area contributed by atoms with Gasteiger partial charge in [0.25, 0.3) is 10.0 Å². The van der Waals surface area contributed by atoms with Gasteiger partial charge in [0.2, 0.25) is 11.8 Å². The van der Waals surface area contributed by atoms with Crippen molar-refractivity contribution < 1.29 is 31.2 Å². The van der Waals surface area contributed by atoms with Gasteiger partial charge in [0.1, 0.15) is 12.6 Å². The number of hydrogen-bond acceptors (Lipinski definition) is 4. The zero-order valence-corrected chi connectivity index (χ0v) is 26.5. The minimum atomic E-state index is -4.82. The summed E-state index contributed by atoms with van der Waals surface area (Å²) in [5.74, 6) is -1.32. The lowest BCUT2D eigenvalue weighted by atomic mass is 10.1. The Hall–Kier alpha value is -2.99. The highest BCUT2D eigenvalue weighted by Gasteiger charge is 2.36. The molecule has 1 aliphatic carbocycles. The molecular formula is C30H29Cl3F3N3O4S. The van der Waals surface area contributed by atoms with E-state index in [9.17, 15) is 31.2 Å². The number of rotatable bonds is 10. The van der Waals surface area contributed by atoms with Gasteiger partial charge in [-0.3, -0.25) is 13.9 Å². The van der Waals surface area contributed by atoms with Crippen molar-refractivity contribution in [3.8, 4) is 0 Å². The van der Waals surface area contributed by atoms with E-state index >= 15 is 0 Å². The van der Waals surface area contributed by atoms with E-state index in [-0.39, 0.29) is 32.5 Å². The Morgan fingerprint density at radius 2 is 1.57 bits per heavy atom. The number of carbonyl (C=O) groups excluding carboxylic acids is 2. The SMILES string of the molecule is C[C@@H](C(=O)NC1CCCC1)N(Cc1ccc(Cl)c(Cl)c1)C(=O)CN(c1cc(C(F)(F)F)ccc1Cl)S(=O)(=O)c1ccccc1. The molecule has 3 aromatic rings. The van der Waals surface area contributed by atoms with E-state index in [0.29, 0.717) is 22.0 Å². The molecule has 4 rings (SSSR count). The number of benzene rings is 3. The number of hydrogen-bond donors (Lipinski definition) is 1. The number of anilines is 1. The molecule has 3 aromatic carbocycles. The van der Waals surface area contributed by atoms with Gasteiger partial charge in [-0.15, -0.1) is 0 Å². The van der Waals surface area contributed by atoms with Gasteiger partial charge in [-0.1, -0.05) is 71.9 Å². The fraction of sp³-hybridized carbons (Fsp3) is 0.333. The van der Waals surface area contributed by atoms with Gasteiger partial charge in [-0.25, -0.2) is 8.42 Å². The number of halogens is 6. The third-order valence-electron chi connectivity index (χ3n) is 7.36. The first-order valence-corrected chi connectivity index (χ1v) is 16.2. The molecule has 0 radical (unpaired) electrons. The summed E-state index contributed by atoms with van der Waals surface area (Å²) in [6.45, 7) is 0.359. The standard InChI is InChI=1S/C30H29Cl3F3N3O4S/c1-19(29(41)37-22-7-5-6-8-22)38(17-20-11-13-24(31)26(33)15-20)28(40)18-39(44(42,43)23-9-3-2-4-10-23)27-16-21(30(34,35)36)12-14-25(27)32/h2-4,9-16,19,22H,5-8,17-18H2,1H3,(H,37,41)/t19-/m0/s1. The average Bonchev–Trinajstić information content (AvgIpc) is 3.49. The van der Waals surface area contributed by atoms with Crippen LogP contribution in [0.3, 0.4) is 0 Å². The number of carbonyl (C=O) groups is 2. The lowest BCUT2D eigenvalue weighted by Crippen LogP contribution is -2.52. The fourth-order valence-electron chi connectivity index (χ4n) is 4.92. The van der Waals surface area contributed by atoms with Crippen LogP contribution in [0.1, 0.15) is 43.7 Å². The van der Waals surface area contributed by atoms with Crippen molar-refractivity contribution in [2.24, 2.45) is 0 Å². The van der Waals surface area contributed by atoms with Gasteiger partial charge in [-0.05, 0) is 67.8 Å². The van der Waals surface area contributed by atoms with E-state index in [1.165, 1.54) is 43.3 Å². The number of nitrogens with one attached hydrogen (secondary N) is 1. The Balaban J connectivity index is 1.77. The Kier molecular flexibility index (Phi) is 10.8. The molecule has 7 nitrogen and oxygen atoms in total. The van der Waals surface area contributed by atoms with Crippen molar-refractivity contribution in [2.45, 2.75) is 62.3 Å². The maximum absolute atomic E-state index is 14.1. The van der Waals surface area contributed by atoms with Crippen molar-refractivity contribution >= 4 is 62.3 Å². The molecular weight excluding hydrogens is 662 g/mol. The smallest absolute Gasteiger partial charge is 0.352 e. The van der Waals surface area contributed by atoms with E-state index in [4.69, 9.17) is 34.8 Å². The second kappa shape index (κ2) is 14.0. The molecule has 44 heavy (non-hydrogen) atoms. The zero-order chi connectivity index (χ0) is 32.2. The van der Waals surface area contributed by atoms with Crippen LogP contribution in [0.25, 0.3) is 0 Å². The molecule has 0 spiro atoms. The van der Waals surface area contributed by atoms with Crippen LogP contribution >= 0.6 is 34.8 Å². The summed E-state index contributed by atoms with van der Waals surface area (Å²) >= 11 is 18.5. The van der Waals surface area contributed by atoms with Gasteiger partial charge in [0.15, 0.2) is 0 Å². The molecule has 0 aromatic heterocycles. The fourth-order valence-corrected chi connectivity index (χ4v) is 6.96. The Labute approximate surface area is 268 Å². The first-order valence-electron chi connectivity index (χ1n) is 13.7. The van der Waals surface area contributed by atoms with E-state index in [0.717, 1.165) is 36.6 Å². The topological polar surface area (TPSA) is 86.8 Å². The number of nitrogens with zero attached hydrogens (tertiary/aromatic N) is 2. The maximum Gasteiger partial charge on any atom is 0.416 e. The van der Waals surface area contributed by atoms with Crippen LogP contribution in [0, 0.1) is 0 Å². The first-order chi connectivity index (χ1) is 20.7. The van der Waals surface area contributed by atoms with Crippen molar-refractivity contribution in [1.29, 1.82) is 0 Å². The van der Waals surface area contributed by atoms with Crippen LogP contribution < -0.4 is 9.62 Å². The van der Waals surface area contributed by atoms with Gasteiger partial charge in [-0.2, -0.15) is 13.2 Å². The monoisotopic (exact) mass is 689 g/mol. The van der Waals surface area contributed by atoms with E-state index in [1.807, 2.05) is 0 Å². The van der Waals surface area contributed by atoms with Crippen LogP contribution in [0.15, 0.2) is 71.6 Å². The van der Waals surface area contributed by atoms with Crippen molar-refractivity contribution in [1.82, 2.24) is 10.2 Å². The van der Waals surface area contributed by atoms with Crippen molar-refractivity contribution in [3.05, 3.63) is 92.9 Å². The summed E-state index contributed by atoms with van der Waals surface area (Å²) in [7, 11) is -4.62. The molecule has 1 atom stereocenters. The lowest BCUT2D eigenvalue weighted by molar-refractivity contribution is -0.139. The number of amides is 2. The van der Waals surface area contributed by atoms with Gasteiger partial charge in [0.05, 0.1) is 31.2 Å². The third-order valence-corrected chi connectivity index (χ3v) is 10.2. The van der Waals surface area contributed by atoms with Crippen molar-refractivity contribution in [2.75, 3.05) is 10.8 Å². The summed E-state index contributed by atoms with van der Waals surface area (Å²) in [5, 5.41) is 3.07. The molecule has 2 amide bonds. The molecule has 14 heteroatoms. The van der Waals surface area contributed by atoms with Gasteiger partial charge in [0, 0.05) is 12.6 Å². The Bertz CT molecular complexity index is 1620. The largest absolute Gasteiger partial charge is 0.416 e. The minimum absolute atomic E-state index is 0.0641. The molecule has 0 bridgehead atoms. The number of sulfonamides is 1. The highest BCUT2D eigenvalue weighted by atomic mass is 35.5. The highest BCUT2D eigenvalue weighted by molar-refractivity contribution is 7.92. The molecule has 1 N–H and O–H groups in total. The zero-order valence-electron chi connectivity index (χ0n) is 23.5. The predicted octanol–water partition coefficient (Wildman–Crippen LogP) is 7.34. The second-order valence-corrected chi connectivity index (χ2v) is 13.5. The molecule has 0 saturated heterocycles. The van der Waals surface area contributed by atoms with Gasteiger partial charge < -0.3 is 10.2 Å². The van der Waals surface area contributed by atoms with E-state index in [2.05, 4.69) is 5.32 Å². The quantitative estimate of drug-likeness (QED) is 0.241. The van der Waals surface area contributed by atoms with Crippen LogP contribution in [0.5, 0.6) is 0 Å². The molecule has 236 valence electrons. The Morgan fingerprint density at radius 1 is 0.932 bits per heavy atom. The van der Waals surface area contributed by atoms with Gasteiger partial charge >= 0.3 is 6.18 Å². The molecule has 1 fully saturated rings. The van der Waals surface area contributed by atoms with Crippen LogP contribution in [-0.4, -0.2) is 43.8 Å². The van der Waals surface area contributed by atoms with E-state index < -0.39 is 51.9 Å². The third kappa shape index (κ3) is 7.99. The Morgan fingerprint density at radius 3 is 2.18 bits per heavy atom. The first kappa shape index (κ1) is 33.9. The minimum Gasteiger partial charge on any atom is -0.352 e. The number of alkyl halides is 3. The lowest BCUT2D eigenvalue weighted by Gasteiger charge is -2.33. The molecule has 1 aliphatic rings. The highest BCUT2D eigenvalue weighted by Crippen LogP contribution is 2.37. The summed E-state index contributed by atoms with van der Waals surface area (Å²) in [6.07, 6.45) is -1.34.